The standard InChI is InChI=1S/C10H8ClNO2/c11-6-1-2-7-8(5-6)10(14)12-4-3-9(7)13/h1-2,5H,3-4H2,(H,12,14). The van der Waals surface area contributed by atoms with E-state index in [-0.39, 0.29) is 11.7 Å². The van der Waals surface area contributed by atoms with Crippen molar-refractivity contribution in [3.05, 3.63) is 34.3 Å². The van der Waals surface area contributed by atoms with Gasteiger partial charge in [0.05, 0.1) is 5.56 Å². The van der Waals surface area contributed by atoms with E-state index in [4.69, 9.17) is 11.6 Å². The van der Waals surface area contributed by atoms with Gasteiger partial charge in [-0.1, -0.05) is 11.6 Å². The molecule has 4 heteroatoms. The number of ketones is 1. The lowest BCUT2D eigenvalue weighted by molar-refractivity contribution is 0.0956. The monoisotopic (exact) mass is 209 g/mol. The van der Waals surface area contributed by atoms with E-state index in [2.05, 4.69) is 5.32 Å². The Morgan fingerprint density at radius 3 is 2.79 bits per heavy atom. The van der Waals surface area contributed by atoms with Crippen molar-refractivity contribution >= 4 is 23.3 Å². The summed E-state index contributed by atoms with van der Waals surface area (Å²) >= 11 is 5.75. The maximum Gasteiger partial charge on any atom is 0.252 e. The first-order valence-corrected chi connectivity index (χ1v) is 4.67. The Bertz CT molecular complexity index is 415. The van der Waals surface area contributed by atoms with Gasteiger partial charge in [0, 0.05) is 23.6 Å². The second-order valence-electron chi connectivity index (χ2n) is 3.12. The Kier molecular flexibility index (Phi) is 2.25. The van der Waals surface area contributed by atoms with Crippen molar-refractivity contribution in [1.29, 1.82) is 0 Å². The van der Waals surface area contributed by atoms with Crippen molar-refractivity contribution in [3.8, 4) is 0 Å². The first-order chi connectivity index (χ1) is 6.68. The zero-order valence-electron chi connectivity index (χ0n) is 7.34. The molecule has 14 heavy (non-hydrogen) atoms. The predicted octanol–water partition coefficient (Wildman–Crippen LogP) is 1.66. The third kappa shape index (κ3) is 1.51. The van der Waals surface area contributed by atoms with Crippen molar-refractivity contribution in [3.63, 3.8) is 0 Å². The van der Waals surface area contributed by atoms with Crippen LogP contribution in [0.25, 0.3) is 0 Å². The van der Waals surface area contributed by atoms with Gasteiger partial charge in [-0.3, -0.25) is 9.59 Å². The molecule has 0 saturated heterocycles. The van der Waals surface area contributed by atoms with E-state index in [1.807, 2.05) is 0 Å². The number of hydrogen-bond acceptors (Lipinski definition) is 2. The Morgan fingerprint density at radius 1 is 1.21 bits per heavy atom. The van der Waals surface area contributed by atoms with Gasteiger partial charge in [-0.25, -0.2) is 0 Å². The Hall–Kier alpha value is -1.35. The van der Waals surface area contributed by atoms with Crippen LogP contribution in [0.3, 0.4) is 0 Å². The Balaban J connectivity index is 2.60. The first-order valence-electron chi connectivity index (χ1n) is 4.29. The minimum atomic E-state index is -0.228. The topological polar surface area (TPSA) is 46.2 Å². The predicted molar refractivity (Wildman–Crippen MR) is 52.7 cm³/mol. The summed E-state index contributed by atoms with van der Waals surface area (Å²) in [6, 6.07) is 4.75. The second kappa shape index (κ2) is 3.42. The highest BCUT2D eigenvalue weighted by Gasteiger charge is 2.20. The van der Waals surface area contributed by atoms with Crippen molar-refractivity contribution in [2.75, 3.05) is 6.54 Å². The molecular formula is C10H8ClNO2. The van der Waals surface area contributed by atoms with Crippen molar-refractivity contribution in [1.82, 2.24) is 5.32 Å². The SMILES string of the molecule is O=C1CCNC(=O)c2cc(Cl)ccc21. The average Bonchev–Trinajstić information content (AvgIpc) is 2.28. The molecule has 0 bridgehead atoms. The third-order valence-electron chi connectivity index (χ3n) is 2.16. The molecule has 1 aromatic rings. The number of fused-ring (bicyclic) bond motifs is 1. The maximum absolute atomic E-state index is 11.5. The molecule has 0 saturated carbocycles. The summed E-state index contributed by atoms with van der Waals surface area (Å²) in [6.07, 6.45) is 0.348. The van der Waals surface area contributed by atoms with Crippen LogP contribution in [0, 0.1) is 0 Å². The molecule has 3 nitrogen and oxygen atoms in total. The number of carbonyl (C=O) groups excluding carboxylic acids is 2. The molecule has 1 aliphatic rings. The van der Waals surface area contributed by atoms with Crippen LogP contribution < -0.4 is 5.32 Å². The van der Waals surface area contributed by atoms with Crippen LogP contribution in [0.2, 0.25) is 5.02 Å². The van der Waals surface area contributed by atoms with E-state index >= 15 is 0 Å². The van der Waals surface area contributed by atoms with E-state index in [1.54, 1.807) is 12.1 Å². The Morgan fingerprint density at radius 2 is 2.00 bits per heavy atom. The summed E-state index contributed by atoms with van der Waals surface area (Å²) in [5.41, 5.74) is 0.837. The fourth-order valence-electron chi connectivity index (χ4n) is 1.47. The summed E-state index contributed by atoms with van der Waals surface area (Å²) in [7, 11) is 0. The third-order valence-corrected chi connectivity index (χ3v) is 2.40. The smallest absolute Gasteiger partial charge is 0.252 e. The van der Waals surface area contributed by atoms with Crippen LogP contribution in [0.4, 0.5) is 0 Å². The zero-order valence-corrected chi connectivity index (χ0v) is 8.10. The van der Waals surface area contributed by atoms with Crippen LogP contribution in [0.15, 0.2) is 18.2 Å². The minimum Gasteiger partial charge on any atom is -0.352 e. The highest BCUT2D eigenvalue weighted by atomic mass is 35.5. The van der Waals surface area contributed by atoms with E-state index in [0.717, 1.165) is 0 Å². The van der Waals surface area contributed by atoms with Crippen LogP contribution in [0.1, 0.15) is 27.1 Å². The molecule has 0 aromatic heterocycles. The highest BCUT2D eigenvalue weighted by Crippen LogP contribution is 2.19. The number of amides is 1. The van der Waals surface area contributed by atoms with Crippen LogP contribution in [0.5, 0.6) is 0 Å². The summed E-state index contributed by atoms with van der Waals surface area (Å²) in [5.74, 6) is -0.247. The lowest BCUT2D eigenvalue weighted by Gasteiger charge is -2.02. The number of hydrogen-bond donors (Lipinski definition) is 1. The van der Waals surface area contributed by atoms with Crippen molar-refractivity contribution in [2.45, 2.75) is 6.42 Å². The fourth-order valence-corrected chi connectivity index (χ4v) is 1.64. The van der Waals surface area contributed by atoms with Gasteiger partial charge in [-0.05, 0) is 18.2 Å². The first kappa shape index (κ1) is 9.21. The number of nitrogens with one attached hydrogen (secondary N) is 1. The minimum absolute atomic E-state index is 0.0185. The quantitative estimate of drug-likeness (QED) is 0.706. The number of benzene rings is 1. The molecule has 0 fully saturated rings. The molecular weight excluding hydrogens is 202 g/mol. The molecule has 0 atom stereocenters. The van der Waals surface area contributed by atoms with Gasteiger partial charge in [0.1, 0.15) is 0 Å². The molecule has 0 spiro atoms. The summed E-state index contributed by atoms with van der Waals surface area (Å²) < 4.78 is 0. The van der Waals surface area contributed by atoms with Gasteiger partial charge < -0.3 is 5.32 Å². The number of Topliss-reactive ketones (excluding diaryl/α,β-unsaturated/α-hetero) is 1. The van der Waals surface area contributed by atoms with Gasteiger partial charge in [-0.15, -0.1) is 0 Å². The fraction of sp³-hybridized carbons (Fsp3) is 0.200. The molecule has 1 aliphatic heterocycles. The summed E-state index contributed by atoms with van der Waals surface area (Å²) in [4.78, 5) is 23.0. The molecule has 1 aromatic carbocycles. The van der Waals surface area contributed by atoms with Gasteiger partial charge in [0.25, 0.3) is 5.91 Å². The molecule has 2 rings (SSSR count). The summed E-state index contributed by atoms with van der Waals surface area (Å²) in [5, 5.41) is 3.11. The molecule has 1 amide bonds. The van der Waals surface area contributed by atoms with E-state index in [9.17, 15) is 9.59 Å². The highest BCUT2D eigenvalue weighted by molar-refractivity contribution is 6.31. The van der Waals surface area contributed by atoms with Gasteiger partial charge in [0.2, 0.25) is 0 Å². The van der Waals surface area contributed by atoms with Gasteiger partial charge >= 0.3 is 0 Å². The van der Waals surface area contributed by atoms with Crippen LogP contribution >= 0.6 is 11.6 Å². The normalized spacial score (nSPS) is 15.8. The molecule has 0 aliphatic carbocycles. The largest absolute Gasteiger partial charge is 0.352 e. The molecule has 0 unspecified atom stereocenters. The van der Waals surface area contributed by atoms with Crippen molar-refractivity contribution in [2.24, 2.45) is 0 Å². The van der Waals surface area contributed by atoms with Crippen molar-refractivity contribution < 1.29 is 9.59 Å². The average molecular weight is 210 g/mol. The lowest BCUT2D eigenvalue weighted by atomic mass is 10.0. The molecule has 1 N–H and O–H groups in total. The van der Waals surface area contributed by atoms with Crippen LogP contribution in [-0.4, -0.2) is 18.2 Å². The van der Waals surface area contributed by atoms with Crippen LogP contribution in [-0.2, 0) is 0 Å². The summed E-state index contributed by atoms with van der Waals surface area (Å²) in [6.45, 7) is 0.393. The van der Waals surface area contributed by atoms with E-state index in [1.165, 1.54) is 6.07 Å². The van der Waals surface area contributed by atoms with E-state index in [0.29, 0.717) is 29.1 Å². The Labute approximate surface area is 86.1 Å². The number of halogens is 1. The molecule has 0 radical (unpaired) electrons. The molecule has 1 heterocycles. The molecule has 72 valence electrons. The van der Waals surface area contributed by atoms with Gasteiger partial charge in [0.15, 0.2) is 5.78 Å². The van der Waals surface area contributed by atoms with Gasteiger partial charge in [-0.2, -0.15) is 0 Å². The number of rotatable bonds is 0. The zero-order chi connectivity index (χ0) is 10.1. The second-order valence-corrected chi connectivity index (χ2v) is 3.56. The van der Waals surface area contributed by atoms with E-state index < -0.39 is 0 Å². The maximum atomic E-state index is 11.5. The number of carbonyl (C=O) groups is 2. The lowest BCUT2D eigenvalue weighted by Crippen LogP contribution is -2.22.